The van der Waals surface area contributed by atoms with Crippen LogP contribution in [0.5, 0.6) is 0 Å². The quantitative estimate of drug-likeness (QED) is 0.357. The van der Waals surface area contributed by atoms with Crippen LogP contribution in [-0.4, -0.2) is 7.05 Å². The maximum absolute atomic E-state index is 2.42. The summed E-state index contributed by atoms with van der Waals surface area (Å²) in [6.45, 7) is 4.60. The average molecular weight is 364 g/mol. The zero-order valence-electron chi connectivity index (χ0n) is 16.7. The van der Waals surface area contributed by atoms with E-state index in [9.17, 15) is 0 Å². The molecule has 0 saturated heterocycles. The Bertz CT molecular complexity index is 1230. The monoisotopic (exact) mass is 363 g/mol. The number of benzene rings is 4. The highest BCUT2D eigenvalue weighted by Gasteiger charge is 2.22. The van der Waals surface area contributed by atoms with E-state index >= 15 is 0 Å². The van der Waals surface area contributed by atoms with Gasteiger partial charge in [0.25, 0.3) is 0 Å². The van der Waals surface area contributed by atoms with E-state index in [-0.39, 0.29) is 0 Å². The maximum atomic E-state index is 2.42. The molecule has 138 valence electrons. The van der Waals surface area contributed by atoms with E-state index in [0.717, 1.165) is 6.42 Å². The van der Waals surface area contributed by atoms with Gasteiger partial charge >= 0.3 is 0 Å². The van der Waals surface area contributed by atoms with E-state index < -0.39 is 0 Å². The Hall–Kier alpha value is -3.06. The minimum Gasteiger partial charge on any atom is -0.343 e. The molecule has 1 nitrogen and oxygen atoms in total. The fourth-order valence-electron chi connectivity index (χ4n) is 4.62. The van der Waals surface area contributed by atoms with Crippen LogP contribution in [0.2, 0.25) is 0 Å². The predicted octanol–water partition coefficient (Wildman–Crippen LogP) is 7.44. The summed E-state index contributed by atoms with van der Waals surface area (Å²) in [6, 6.07) is 24.4. The Morgan fingerprint density at radius 2 is 1.43 bits per heavy atom. The average Bonchev–Trinajstić information content (AvgIpc) is 2.85. The van der Waals surface area contributed by atoms with Gasteiger partial charge in [-0.15, -0.1) is 0 Å². The Balaban J connectivity index is 1.87. The van der Waals surface area contributed by atoms with Crippen molar-refractivity contribution in [3.63, 3.8) is 0 Å². The maximum Gasteiger partial charge on any atom is 0.0564 e. The van der Waals surface area contributed by atoms with Crippen molar-refractivity contribution in [1.82, 2.24) is 0 Å². The van der Waals surface area contributed by atoms with Crippen LogP contribution < -0.4 is 4.90 Å². The van der Waals surface area contributed by atoms with Crippen molar-refractivity contribution in [3.8, 4) is 0 Å². The van der Waals surface area contributed by atoms with E-state index in [2.05, 4.69) is 105 Å². The van der Waals surface area contributed by atoms with Crippen molar-refractivity contribution in [3.05, 3.63) is 83.4 Å². The molecule has 0 spiro atoms. The lowest BCUT2D eigenvalue weighted by atomic mass is 9.92. The van der Waals surface area contributed by atoms with Crippen LogP contribution in [0.1, 0.15) is 30.5 Å². The van der Waals surface area contributed by atoms with Crippen LogP contribution in [0.3, 0.4) is 0 Å². The van der Waals surface area contributed by atoms with E-state index in [1.165, 1.54) is 49.6 Å². The van der Waals surface area contributed by atoms with Crippen LogP contribution in [0, 0.1) is 5.92 Å². The van der Waals surface area contributed by atoms with Crippen LogP contribution in [0.25, 0.3) is 33.7 Å². The third-order valence-electron chi connectivity index (χ3n) is 5.81. The van der Waals surface area contributed by atoms with Gasteiger partial charge in [-0.05, 0) is 34.2 Å². The number of hydrogen-bond acceptors (Lipinski definition) is 1. The van der Waals surface area contributed by atoms with Gasteiger partial charge in [-0.1, -0.05) is 92.7 Å². The summed E-state index contributed by atoms with van der Waals surface area (Å²) in [6.07, 6.45) is 5.71. The zero-order chi connectivity index (χ0) is 19.3. The number of hydrogen-bond donors (Lipinski definition) is 0. The van der Waals surface area contributed by atoms with Crippen molar-refractivity contribution in [2.45, 2.75) is 20.3 Å². The lowest BCUT2D eigenvalue weighted by molar-refractivity contribution is 0.647. The lowest BCUT2D eigenvalue weighted by Crippen LogP contribution is -2.13. The van der Waals surface area contributed by atoms with Gasteiger partial charge in [0.15, 0.2) is 0 Å². The Morgan fingerprint density at radius 1 is 0.750 bits per heavy atom. The van der Waals surface area contributed by atoms with Crippen molar-refractivity contribution >= 4 is 45.1 Å². The SMILES string of the molecule is CC(C)Cc1cc2ccccc2c2c1C=Cc1ccc3ccccc3c1N2C. The van der Waals surface area contributed by atoms with Crippen molar-refractivity contribution in [2.24, 2.45) is 5.92 Å². The van der Waals surface area contributed by atoms with Gasteiger partial charge in [-0.25, -0.2) is 0 Å². The molecule has 4 aromatic rings. The standard InChI is InChI=1S/C27H25N/c1-18(2)16-22-17-21-9-5-7-11-24(21)27-25(22)15-14-20-13-12-19-8-4-6-10-23(19)26(20)28(27)3/h4-15,17-18H,16H2,1-3H3. The third kappa shape index (κ3) is 2.62. The van der Waals surface area contributed by atoms with Gasteiger partial charge < -0.3 is 4.90 Å². The largest absolute Gasteiger partial charge is 0.343 e. The summed E-state index contributed by atoms with van der Waals surface area (Å²) in [5, 5.41) is 5.23. The molecular formula is C27H25N. The second-order valence-corrected chi connectivity index (χ2v) is 8.23. The molecule has 0 N–H and O–H groups in total. The molecule has 0 fully saturated rings. The summed E-state index contributed by atoms with van der Waals surface area (Å²) in [5.41, 5.74) is 6.68. The molecule has 5 rings (SSSR count). The van der Waals surface area contributed by atoms with E-state index in [1.54, 1.807) is 0 Å². The van der Waals surface area contributed by atoms with Gasteiger partial charge in [0, 0.05) is 23.4 Å². The molecule has 0 saturated carbocycles. The summed E-state index contributed by atoms with van der Waals surface area (Å²) in [5.74, 6) is 0.621. The second kappa shape index (κ2) is 6.53. The van der Waals surface area contributed by atoms with Gasteiger partial charge in [0.2, 0.25) is 0 Å². The number of rotatable bonds is 2. The third-order valence-corrected chi connectivity index (χ3v) is 5.81. The summed E-state index contributed by atoms with van der Waals surface area (Å²) in [4.78, 5) is 2.42. The first-order chi connectivity index (χ1) is 13.6. The minimum atomic E-state index is 0.621. The van der Waals surface area contributed by atoms with E-state index in [0.29, 0.717) is 5.92 Å². The summed E-state index contributed by atoms with van der Waals surface area (Å²) in [7, 11) is 2.22. The summed E-state index contributed by atoms with van der Waals surface area (Å²) >= 11 is 0. The molecular weight excluding hydrogens is 338 g/mol. The van der Waals surface area contributed by atoms with Crippen molar-refractivity contribution in [2.75, 3.05) is 11.9 Å². The number of nitrogens with zero attached hydrogens (tertiary/aromatic N) is 1. The van der Waals surface area contributed by atoms with E-state index in [1.807, 2.05) is 0 Å². The highest BCUT2D eigenvalue weighted by Crippen LogP contribution is 2.44. The molecule has 4 aromatic carbocycles. The van der Waals surface area contributed by atoms with Crippen LogP contribution >= 0.6 is 0 Å². The second-order valence-electron chi connectivity index (χ2n) is 8.23. The Labute approximate surface area is 166 Å². The molecule has 1 heterocycles. The highest BCUT2D eigenvalue weighted by atomic mass is 15.1. The molecule has 1 heteroatoms. The number of anilines is 2. The molecule has 28 heavy (non-hydrogen) atoms. The molecule has 0 aliphatic carbocycles. The lowest BCUT2D eigenvalue weighted by Gasteiger charge is -2.27. The molecule has 0 amide bonds. The van der Waals surface area contributed by atoms with Gasteiger partial charge in [-0.2, -0.15) is 0 Å². The minimum absolute atomic E-state index is 0.621. The molecule has 0 bridgehead atoms. The predicted molar refractivity (Wildman–Crippen MR) is 123 cm³/mol. The van der Waals surface area contributed by atoms with Crippen molar-refractivity contribution in [1.29, 1.82) is 0 Å². The van der Waals surface area contributed by atoms with Crippen LogP contribution in [-0.2, 0) is 6.42 Å². The normalized spacial score (nSPS) is 13.1. The fraction of sp³-hybridized carbons (Fsp3) is 0.185. The first kappa shape index (κ1) is 17.1. The highest BCUT2D eigenvalue weighted by molar-refractivity contribution is 6.09. The van der Waals surface area contributed by atoms with Crippen LogP contribution in [0.4, 0.5) is 11.4 Å². The smallest absolute Gasteiger partial charge is 0.0564 e. The fourth-order valence-corrected chi connectivity index (χ4v) is 4.62. The number of fused-ring (bicyclic) bond motifs is 6. The molecule has 0 atom stereocenters. The Kier molecular flexibility index (Phi) is 3.98. The van der Waals surface area contributed by atoms with Gasteiger partial charge in [0.05, 0.1) is 11.4 Å². The van der Waals surface area contributed by atoms with Crippen LogP contribution in [0.15, 0.2) is 66.7 Å². The Morgan fingerprint density at radius 3 is 2.18 bits per heavy atom. The topological polar surface area (TPSA) is 3.24 Å². The molecule has 1 aliphatic rings. The van der Waals surface area contributed by atoms with E-state index in [4.69, 9.17) is 0 Å². The van der Waals surface area contributed by atoms with Gasteiger partial charge in [-0.3, -0.25) is 0 Å². The molecule has 0 radical (unpaired) electrons. The van der Waals surface area contributed by atoms with Gasteiger partial charge in [0.1, 0.15) is 0 Å². The summed E-state index contributed by atoms with van der Waals surface area (Å²) < 4.78 is 0. The molecule has 0 unspecified atom stereocenters. The zero-order valence-corrected chi connectivity index (χ0v) is 16.7. The molecule has 0 aromatic heterocycles. The van der Waals surface area contributed by atoms with Crippen molar-refractivity contribution < 1.29 is 0 Å². The molecule has 1 aliphatic heterocycles. The first-order valence-electron chi connectivity index (χ1n) is 10.1. The first-order valence-corrected chi connectivity index (χ1v) is 10.1.